The first-order valence-electron chi connectivity index (χ1n) is 4.52. The van der Waals surface area contributed by atoms with E-state index in [0.29, 0.717) is 3.57 Å². The maximum atomic E-state index is 11.3. The van der Waals surface area contributed by atoms with Gasteiger partial charge in [0.2, 0.25) is 0 Å². The fraction of sp³-hybridized carbons (Fsp3) is 0. The summed E-state index contributed by atoms with van der Waals surface area (Å²) in [5.74, 6) is -1.21. The zero-order chi connectivity index (χ0) is 12.6. The van der Waals surface area contributed by atoms with Gasteiger partial charge in [0.05, 0.1) is 5.56 Å². The third-order valence-corrected chi connectivity index (χ3v) is 6.46. The molecule has 0 fully saturated rings. The summed E-state index contributed by atoms with van der Waals surface area (Å²) in [7, 11) is 0. The lowest BCUT2D eigenvalue weighted by Crippen LogP contribution is -2.02. The molecular formula is C11H6I2O4. The Kier molecular flexibility index (Phi) is 3.61. The molecule has 0 atom stereocenters. The average molecular weight is 456 g/mol. The third kappa shape index (κ3) is 2.28. The zero-order valence-corrected chi connectivity index (χ0v) is 12.6. The Bertz CT molecular complexity index is 681. The van der Waals surface area contributed by atoms with Crippen LogP contribution in [-0.2, 0) is 6.14 Å². The van der Waals surface area contributed by atoms with E-state index in [4.69, 9.17) is 5.11 Å². The molecule has 0 radical (unpaired) electrons. The van der Waals surface area contributed by atoms with Crippen molar-refractivity contribution < 1.29 is 16.0 Å². The monoisotopic (exact) mass is 456 g/mol. The lowest BCUT2D eigenvalue weighted by atomic mass is 10.1. The summed E-state index contributed by atoms with van der Waals surface area (Å²) < 4.78 is 23.0. The second kappa shape index (κ2) is 4.84. The van der Waals surface area contributed by atoms with Crippen LogP contribution in [0.25, 0.3) is 10.8 Å². The Balaban J connectivity index is 2.99. The van der Waals surface area contributed by atoms with Crippen LogP contribution in [0.4, 0.5) is 0 Å². The second-order valence-corrected chi connectivity index (χ2v) is 6.69. The molecule has 0 spiro atoms. The van der Waals surface area contributed by atoms with Crippen molar-refractivity contribution in [3.63, 3.8) is 0 Å². The minimum atomic E-state index is -3.83. The molecule has 1 N–H and O–H groups in total. The van der Waals surface area contributed by atoms with E-state index in [1.807, 2.05) is 22.6 Å². The highest BCUT2D eigenvalue weighted by Crippen LogP contribution is 2.33. The molecule has 0 saturated heterocycles. The van der Waals surface area contributed by atoms with Crippen LogP contribution >= 0.6 is 42.4 Å². The molecular weight excluding hydrogens is 450 g/mol. The first kappa shape index (κ1) is 12.7. The van der Waals surface area contributed by atoms with Crippen LogP contribution < -0.4 is 0 Å². The van der Waals surface area contributed by atoms with Gasteiger partial charge in [-0.1, -0.05) is 24.3 Å². The average Bonchev–Trinajstić information content (AvgIpc) is 2.28. The molecule has 0 saturated carbocycles. The van der Waals surface area contributed by atoms with Gasteiger partial charge in [-0.05, 0) is 39.4 Å². The Morgan fingerprint density at radius 1 is 1.24 bits per heavy atom. The van der Waals surface area contributed by atoms with Gasteiger partial charge in [0, 0.05) is 3.57 Å². The SMILES string of the molecule is O=C(O)c1cc2ccccc2c(I)c1I(=O)=O. The van der Waals surface area contributed by atoms with Crippen LogP contribution in [0.1, 0.15) is 10.4 Å². The number of fused-ring (bicyclic) bond motifs is 1. The molecule has 0 heterocycles. The third-order valence-electron chi connectivity index (χ3n) is 2.31. The van der Waals surface area contributed by atoms with Gasteiger partial charge in [-0.2, -0.15) is 0 Å². The van der Waals surface area contributed by atoms with Crippen molar-refractivity contribution in [3.05, 3.63) is 43.0 Å². The van der Waals surface area contributed by atoms with Crippen LogP contribution in [-0.4, -0.2) is 11.1 Å². The Morgan fingerprint density at radius 3 is 2.47 bits per heavy atom. The number of aromatic carboxylic acids is 1. The number of hydrogen-bond donors (Lipinski definition) is 1. The fourth-order valence-electron chi connectivity index (χ4n) is 1.58. The molecule has 6 heteroatoms. The highest BCUT2D eigenvalue weighted by molar-refractivity contribution is 14.2. The molecule has 0 aromatic heterocycles. The van der Waals surface area contributed by atoms with E-state index in [1.54, 1.807) is 24.3 Å². The number of carboxylic acid groups (broad SMARTS) is 1. The van der Waals surface area contributed by atoms with Crippen molar-refractivity contribution in [1.29, 1.82) is 0 Å². The molecule has 0 amide bonds. The van der Waals surface area contributed by atoms with E-state index in [0.717, 1.165) is 10.8 Å². The fourth-order valence-corrected chi connectivity index (χ4v) is 5.02. The maximum absolute atomic E-state index is 11.3. The maximum Gasteiger partial charge on any atom is 0.342 e. The van der Waals surface area contributed by atoms with Crippen molar-refractivity contribution in [2.24, 2.45) is 0 Å². The van der Waals surface area contributed by atoms with Gasteiger partial charge in [0.25, 0.3) is 0 Å². The van der Waals surface area contributed by atoms with E-state index in [9.17, 15) is 10.9 Å². The molecule has 88 valence electrons. The lowest BCUT2D eigenvalue weighted by molar-refractivity contribution is 0.0695. The molecule has 17 heavy (non-hydrogen) atoms. The van der Waals surface area contributed by atoms with Gasteiger partial charge in [-0.3, -0.25) is 0 Å². The normalized spacial score (nSPS) is 10.9. The van der Waals surface area contributed by atoms with Crippen molar-refractivity contribution in [3.8, 4) is 0 Å². The van der Waals surface area contributed by atoms with Crippen LogP contribution in [0, 0.1) is 7.14 Å². The van der Waals surface area contributed by atoms with Crippen LogP contribution in [0.5, 0.6) is 0 Å². The van der Waals surface area contributed by atoms with Gasteiger partial charge in [-0.15, -0.1) is 0 Å². The van der Waals surface area contributed by atoms with Crippen LogP contribution in [0.3, 0.4) is 0 Å². The molecule has 0 unspecified atom stereocenters. The summed E-state index contributed by atoms with van der Waals surface area (Å²) in [6.45, 7) is 0. The molecule has 2 aromatic carbocycles. The van der Waals surface area contributed by atoms with E-state index in [1.165, 1.54) is 6.07 Å². The number of benzene rings is 2. The van der Waals surface area contributed by atoms with Gasteiger partial charge >= 0.3 is 25.8 Å². The van der Waals surface area contributed by atoms with Gasteiger partial charge < -0.3 is 5.11 Å². The number of rotatable bonds is 2. The Morgan fingerprint density at radius 2 is 1.88 bits per heavy atom. The number of carbonyl (C=O) groups is 1. The molecule has 0 bridgehead atoms. The Hall–Kier alpha value is -0.770. The standard InChI is InChI=1S/C11H6I2O4/c12-9-7-4-2-1-3-6(7)5-8(11(14)15)10(9)13(16)17/h1-5H,(H,14,15). The highest BCUT2D eigenvalue weighted by atomic mass is 127. The van der Waals surface area contributed by atoms with E-state index < -0.39 is 25.8 Å². The predicted molar refractivity (Wildman–Crippen MR) is 77.7 cm³/mol. The summed E-state index contributed by atoms with van der Waals surface area (Å²) in [4.78, 5) is 11.1. The summed E-state index contributed by atoms with van der Waals surface area (Å²) in [6.07, 6.45) is 0. The predicted octanol–water partition coefficient (Wildman–Crippen LogP) is 3.51. The van der Waals surface area contributed by atoms with Crippen LogP contribution in [0.2, 0.25) is 0 Å². The van der Waals surface area contributed by atoms with Gasteiger partial charge in [0.15, 0.2) is 0 Å². The van der Waals surface area contributed by atoms with Crippen molar-refractivity contribution in [2.75, 3.05) is 0 Å². The first-order chi connectivity index (χ1) is 8.02. The van der Waals surface area contributed by atoms with Crippen LogP contribution in [0.15, 0.2) is 30.3 Å². The van der Waals surface area contributed by atoms with Crippen molar-refractivity contribution in [2.45, 2.75) is 0 Å². The van der Waals surface area contributed by atoms with Crippen molar-refractivity contribution in [1.82, 2.24) is 0 Å². The molecule has 2 aromatic rings. The smallest absolute Gasteiger partial charge is 0.342 e. The number of hydrogen-bond acceptors (Lipinski definition) is 3. The van der Waals surface area contributed by atoms with E-state index in [2.05, 4.69) is 0 Å². The first-order valence-corrected chi connectivity index (χ1v) is 8.44. The topological polar surface area (TPSA) is 71.4 Å². The largest absolute Gasteiger partial charge is 0.478 e. The summed E-state index contributed by atoms with van der Waals surface area (Å²) in [5.41, 5.74) is -0.136. The van der Waals surface area contributed by atoms with E-state index >= 15 is 0 Å². The van der Waals surface area contributed by atoms with Gasteiger partial charge in [-0.25, -0.2) is 10.9 Å². The molecule has 0 aliphatic heterocycles. The van der Waals surface area contributed by atoms with E-state index in [-0.39, 0.29) is 9.13 Å². The zero-order valence-electron chi connectivity index (χ0n) is 8.31. The minimum absolute atomic E-state index is 0.0269. The lowest BCUT2D eigenvalue weighted by Gasteiger charge is -2.06. The minimum Gasteiger partial charge on any atom is -0.478 e. The molecule has 0 aliphatic rings. The molecule has 4 nitrogen and oxygen atoms in total. The highest BCUT2D eigenvalue weighted by Gasteiger charge is 2.19. The summed E-state index contributed by atoms with van der Waals surface area (Å²) in [6, 6.07) is 8.54. The summed E-state index contributed by atoms with van der Waals surface area (Å²) in [5, 5.41) is 10.5. The van der Waals surface area contributed by atoms with Crippen molar-refractivity contribution >= 4 is 59.1 Å². The molecule has 2 rings (SSSR count). The van der Waals surface area contributed by atoms with Gasteiger partial charge in [0.1, 0.15) is 3.57 Å². The quantitative estimate of drug-likeness (QED) is 0.703. The summed E-state index contributed by atoms with van der Waals surface area (Å²) >= 11 is -1.95. The second-order valence-electron chi connectivity index (χ2n) is 3.30. The molecule has 0 aliphatic carbocycles. The number of halogens is 2. The number of carboxylic acids is 1. The Labute approximate surface area is 117 Å².